The van der Waals surface area contributed by atoms with E-state index in [4.69, 9.17) is 4.74 Å². The van der Waals surface area contributed by atoms with E-state index in [0.717, 1.165) is 0 Å². The van der Waals surface area contributed by atoms with Gasteiger partial charge in [0.05, 0.1) is 12.4 Å². The molecule has 1 unspecified atom stereocenters. The van der Waals surface area contributed by atoms with Gasteiger partial charge in [0.25, 0.3) is 0 Å². The minimum absolute atomic E-state index is 0.117. The number of methoxy groups -OCH3 is 1. The first-order valence-electron chi connectivity index (χ1n) is 6.07. The van der Waals surface area contributed by atoms with E-state index in [0.29, 0.717) is 25.7 Å². The topological polar surface area (TPSA) is 58.6 Å². The first kappa shape index (κ1) is 16.8. The predicted molar refractivity (Wildman–Crippen MR) is 70.6 cm³/mol. The molecule has 5 nitrogen and oxygen atoms in total. The monoisotopic (exact) mass is 266 g/mol. The number of likely N-dealkylation sites (N-methyl/N-ethyl adjacent to an activating group) is 1. The summed E-state index contributed by atoms with van der Waals surface area (Å²) in [6.45, 7) is 9.09. The fourth-order valence-corrected chi connectivity index (χ4v) is 3.31. The second-order valence-corrected chi connectivity index (χ2v) is 6.47. The molecule has 0 amide bonds. The van der Waals surface area contributed by atoms with Crippen molar-refractivity contribution in [3.8, 4) is 0 Å². The Balaban J connectivity index is 4.42. The molecular formula is C11H26N2O3S. The summed E-state index contributed by atoms with van der Waals surface area (Å²) in [5.74, 6) is 0.132. The molecule has 17 heavy (non-hydrogen) atoms. The lowest BCUT2D eigenvalue weighted by molar-refractivity contribution is 0.142. The number of nitrogens with one attached hydrogen (secondary N) is 1. The Hall–Kier alpha value is -0.170. The Labute approximate surface area is 106 Å². The predicted octanol–water partition coefficient (Wildman–Crippen LogP) is 0.671. The Morgan fingerprint density at radius 3 is 2.29 bits per heavy atom. The molecular weight excluding hydrogens is 240 g/mol. The van der Waals surface area contributed by atoms with Crippen LogP contribution < -0.4 is 5.32 Å². The highest BCUT2D eigenvalue weighted by Gasteiger charge is 2.25. The lowest BCUT2D eigenvalue weighted by Crippen LogP contribution is -2.44. The summed E-state index contributed by atoms with van der Waals surface area (Å²) in [5.41, 5.74) is 0. The first-order valence-corrected chi connectivity index (χ1v) is 7.67. The quantitative estimate of drug-likeness (QED) is 0.666. The molecule has 0 aliphatic carbocycles. The highest BCUT2D eigenvalue weighted by Crippen LogP contribution is 2.07. The van der Waals surface area contributed by atoms with Crippen molar-refractivity contribution in [2.75, 3.05) is 32.6 Å². The molecule has 1 atom stereocenters. The zero-order valence-corrected chi connectivity index (χ0v) is 12.4. The van der Waals surface area contributed by atoms with E-state index in [2.05, 4.69) is 5.32 Å². The van der Waals surface area contributed by atoms with Crippen molar-refractivity contribution in [2.24, 2.45) is 0 Å². The van der Waals surface area contributed by atoms with Crippen molar-refractivity contribution >= 4 is 10.0 Å². The van der Waals surface area contributed by atoms with Crippen LogP contribution in [0.3, 0.4) is 0 Å². The van der Waals surface area contributed by atoms with E-state index in [9.17, 15) is 8.42 Å². The van der Waals surface area contributed by atoms with Crippen LogP contribution in [0, 0.1) is 0 Å². The fourth-order valence-electron chi connectivity index (χ4n) is 1.70. The molecule has 0 fully saturated rings. The normalized spacial score (nSPS) is 14.5. The summed E-state index contributed by atoms with van der Waals surface area (Å²) < 4.78 is 30.7. The molecule has 104 valence electrons. The highest BCUT2D eigenvalue weighted by molar-refractivity contribution is 7.89. The van der Waals surface area contributed by atoms with Gasteiger partial charge in [-0.05, 0) is 6.92 Å². The van der Waals surface area contributed by atoms with Gasteiger partial charge in [-0.1, -0.05) is 20.8 Å². The maximum Gasteiger partial charge on any atom is 0.215 e. The van der Waals surface area contributed by atoms with Crippen molar-refractivity contribution in [2.45, 2.75) is 39.8 Å². The van der Waals surface area contributed by atoms with Crippen LogP contribution in [-0.4, -0.2) is 57.4 Å². The minimum atomic E-state index is -3.20. The highest BCUT2D eigenvalue weighted by atomic mass is 32.2. The van der Waals surface area contributed by atoms with Gasteiger partial charge in [0.2, 0.25) is 10.0 Å². The molecule has 0 rings (SSSR count). The molecule has 0 spiro atoms. The third kappa shape index (κ3) is 6.35. The van der Waals surface area contributed by atoms with Crippen LogP contribution in [0.4, 0.5) is 0 Å². The molecule has 0 aromatic heterocycles. The molecule has 1 N–H and O–H groups in total. The van der Waals surface area contributed by atoms with E-state index in [1.807, 2.05) is 27.7 Å². The smallest absolute Gasteiger partial charge is 0.215 e. The zero-order valence-electron chi connectivity index (χ0n) is 11.6. The van der Waals surface area contributed by atoms with E-state index in [1.54, 1.807) is 7.11 Å². The summed E-state index contributed by atoms with van der Waals surface area (Å²) in [4.78, 5) is 0. The van der Waals surface area contributed by atoms with Crippen LogP contribution in [0.1, 0.15) is 27.7 Å². The maximum atomic E-state index is 12.1. The molecule has 0 saturated carbocycles. The van der Waals surface area contributed by atoms with Crippen molar-refractivity contribution in [1.29, 1.82) is 0 Å². The summed E-state index contributed by atoms with van der Waals surface area (Å²) in [7, 11) is -1.62. The van der Waals surface area contributed by atoms with Crippen LogP contribution in [0.2, 0.25) is 0 Å². The van der Waals surface area contributed by atoms with E-state index in [1.165, 1.54) is 4.31 Å². The molecule has 0 bridgehead atoms. The number of hydrogen-bond donors (Lipinski definition) is 1. The van der Waals surface area contributed by atoms with Gasteiger partial charge in [-0.2, -0.15) is 4.31 Å². The van der Waals surface area contributed by atoms with Gasteiger partial charge in [0.1, 0.15) is 0 Å². The van der Waals surface area contributed by atoms with E-state index in [-0.39, 0.29) is 11.8 Å². The summed E-state index contributed by atoms with van der Waals surface area (Å²) in [6.07, 6.45) is 0. The van der Waals surface area contributed by atoms with E-state index >= 15 is 0 Å². The van der Waals surface area contributed by atoms with Gasteiger partial charge in [-0.3, -0.25) is 0 Å². The van der Waals surface area contributed by atoms with Gasteiger partial charge in [0.15, 0.2) is 0 Å². The third-order valence-corrected chi connectivity index (χ3v) is 4.53. The van der Waals surface area contributed by atoms with Crippen molar-refractivity contribution in [1.82, 2.24) is 9.62 Å². The van der Waals surface area contributed by atoms with Gasteiger partial charge in [0, 0.05) is 32.3 Å². The molecule has 0 radical (unpaired) electrons. The van der Waals surface area contributed by atoms with Crippen molar-refractivity contribution in [3.63, 3.8) is 0 Å². The Kier molecular flexibility index (Phi) is 7.94. The third-order valence-electron chi connectivity index (χ3n) is 2.48. The number of sulfonamides is 1. The second kappa shape index (κ2) is 8.02. The molecule has 0 aliphatic heterocycles. The number of nitrogens with zero attached hydrogens (tertiary/aromatic N) is 1. The van der Waals surface area contributed by atoms with Crippen LogP contribution >= 0.6 is 0 Å². The Morgan fingerprint density at radius 1 is 1.29 bits per heavy atom. The maximum absolute atomic E-state index is 12.1. The lowest BCUT2D eigenvalue weighted by atomic mass is 10.4. The largest absolute Gasteiger partial charge is 0.383 e. The van der Waals surface area contributed by atoms with Crippen molar-refractivity contribution < 1.29 is 13.2 Å². The molecule has 0 aliphatic rings. The van der Waals surface area contributed by atoms with Crippen LogP contribution in [0.15, 0.2) is 0 Å². The van der Waals surface area contributed by atoms with Gasteiger partial charge >= 0.3 is 0 Å². The van der Waals surface area contributed by atoms with Crippen molar-refractivity contribution in [3.05, 3.63) is 0 Å². The SMILES string of the molecule is CCN(C(C)COC)S(=O)(=O)CCNC(C)C. The summed E-state index contributed by atoms with van der Waals surface area (Å²) in [6, 6.07) is 0.186. The first-order chi connectivity index (χ1) is 7.85. The van der Waals surface area contributed by atoms with E-state index < -0.39 is 10.0 Å². The minimum Gasteiger partial charge on any atom is -0.383 e. The number of rotatable bonds is 9. The number of ether oxygens (including phenoxy) is 1. The number of hydrogen-bond acceptors (Lipinski definition) is 4. The van der Waals surface area contributed by atoms with Gasteiger partial charge in [-0.25, -0.2) is 8.42 Å². The molecule has 0 aromatic rings. The summed E-state index contributed by atoms with van der Waals surface area (Å²) >= 11 is 0. The van der Waals surface area contributed by atoms with Crippen LogP contribution in [0.25, 0.3) is 0 Å². The lowest BCUT2D eigenvalue weighted by Gasteiger charge is -2.26. The molecule has 6 heteroatoms. The Bertz CT molecular complexity index is 291. The molecule has 0 saturated heterocycles. The molecule has 0 aromatic carbocycles. The fraction of sp³-hybridized carbons (Fsp3) is 1.00. The molecule has 0 heterocycles. The average molecular weight is 266 g/mol. The van der Waals surface area contributed by atoms with Gasteiger partial charge < -0.3 is 10.1 Å². The second-order valence-electron chi connectivity index (χ2n) is 4.43. The average Bonchev–Trinajstić information content (AvgIpc) is 2.17. The van der Waals surface area contributed by atoms with Crippen LogP contribution in [0.5, 0.6) is 0 Å². The Morgan fingerprint density at radius 2 is 1.88 bits per heavy atom. The summed E-state index contributed by atoms with van der Waals surface area (Å²) in [5, 5.41) is 3.11. The zero-order chi connectivity index (χ0) is 13.5. The standard InChI is InChI=1S/C11H26N2O3S/c1-6-13(11(4)9-16-5)17(14,15)8-7-12-10(2)3/h10-12H,6-9H2,1-5H3. The van der Waals surface area contributed by atoms with Crippen LogP contribution in [-0.2, 0) is 14.8 Å². The van der Waals surface area contributed by atoms with Gasteiger partial charge in [-0.15, -0.1) is 0 Å².